The maximum atomic E-state index is 10.9. The fourth-order valence-corrected chi connectivity index (χ4v) is 1.74. The molecule has 0 aromatic carbocycles. The number of hydrogen-bond acceptors (Lipinski definition) is 3. The average molecular weight is 392 g/mol. The molecule has 0 unspecified atom stereocenters. The number of amides is 1. The predicted octanol–water partition coefficient (Wildman–Crippen LogP) is 2.37. The molecule has 0 aromatic heterocycles. The minimum Gasteiger partial charge on any atom is -0.379 e. The number of ether oxygens (including phenoxy) is 2. The molecular formula is C12H23ClINO3. The van der Waals surface area contributed by atoms with Crippen LogP contribution in [0.1, 0.15) is 25.7 Å². The van der Waals surface area contributed by atoms with Crippen LogP contribution in [0.3, 0.4) is 0 Å². The summed E-state index contributed by atoms with van der Waals surface area (Å²) >= 11 is 7.61. The van der Waals surface area contributed by atoms with Gasteiger partial charge in [-0.05, 0) is 12.8 Å². The van der Waals surface area contributed by atoms with Crippen molar-refractivity contribution in [2.45, 2.75) is 25.7 Å². The summed E-state index contributed by atoms with van der Waals surface area (Å²) in [6, 6.07) is 0. The van der Waals surface area contributed by atoms with Gasteiger partial charge in [0.1, 0.15) is 0 Å². The van der Waals surface area contributed by atoms with E-state index in [4.69, 9.17) is 21.1 Å². The molecule has 0 heterocycles. The minimum atomic E-state index is 0.0485. The zero-order valence-corrected chi connectivity index (χ0v) is 13.7. The lowest BCUT2D eigenvalue weighted by Crippen LogP contribution is -2.28. The number of alkyl halides is 2. The van der Waals surface area contributed by atoms with Crippen molar-refractivity contribution in [3.8, 4) is 0 Å². The van der Waals surface area contributed by atoms with Crippen LogP contribution in [-0.2, 0) is 14.3 Å². The van der Waals surface area contributed by atoms with E-state index in [0.717, 1.165) is 25.3 Å². The van der Waals surface area contributed by atoms with Gasteiger partial charge in [0.15, 0.2) is 0 Å². The zero-order chi connectivity index (χ0) is 13.5. The monoisotopic (exact) mass is 391 g/mol. The second kappa shape index (κ2) is 15.5. The van der Waals surface area contributed by atoms with Gasteiger partial charge in [-0.25, -0.2) is 0 Å². The molecule has 0 atom stereocenters. The minimum absolute atomic E-state index is 0.0485. The fourth-order valence-electron chi connectivity index (χ4n) is 1.28. The number of carbonyl (C=O) groups excluding carboxylic acids is 1. The summed E-state index contributed by atoms with van der Waals surface area (Å²) in [6.07, 6.45) is 4.53. The number of halogens is 2. The van der Waals surface area contributed by atoms with Crippen molar-refractivity contribution in [3.05, 3.63) is 0 Å². The lowest BCUT2D eigenvalue weighted by atomic mass is 10.2. The third-order valence-electron chi connectivity index (χ3n) is 2.23. The molecule has 0 aliphatic carbocycles. The number of nitrogens with one attached hydrogen (secondary N) is 1. The van der Waals surface area contributed by atoms with Crippen LogP contribution in [0.25, 0.3) is 0 Å². The van der Waals surface area contributed by atoms with Crippen molar-refractivity contribution in [1.82, 2.24) is 5.32 Å². The first-order valence-electron chi connectivity index (χ1n) is 6.35. The van der Waals surface area contributed by atoms with E-state index in [1.54, 1.807) is 0 Å². The Morgan fingerprint density at radius 1 is 1.00 bits per heavy atom. The van der Waals surface area contributed by atoms with Gasteiger partial charge in [0.05, 0.1) is 24.2 Å². The molecule has 0 aromatic rings. The maximum Gasteiger partial charge on any atom is 0.229 e. The molecule has 0 aliphatic rings. The van der Waals surface area contributed by atoms with Crippen molar-refractivity contribution < 1.29 is 14.3 Å². The highest BCUT2D eigenvalue weighted by Crippen LogP contribution is 2.00. The predicted molar refractivity (Wildman–Crippen MR) is 82.7 cm³/mol. The van der Waals surface area contributed by atoms with E-state index in [2.05, 4.69) is 5.32 Å². The van der Waals surface area contributed by atoms with Crippen LogP contribution < -0.4 is 5.32 Å². The van der Waals surface area contributed by atoms with Gasteiger partial charge >= 0.3 is 0 Å². The highest BCUT2D eigenvalue weighted by molar-refractivity contribution is 14.1. The Labute approximate surface area is 128 Å². The van der Waals surface area contributed by atoms with Crippen LogP contribution in [0.4, 0.5) is 0 Å². The van der Waals surface area contributed by atoms with Crippen molar-refractivity contribution in [1.29, 1.82) is 0 Å². The first kappa shape index (κ1) is 18.4. The average Bonchev–Trinajstić information content (AvgIpc) is 2.39. The van der Waals surface area contributed by atoms with E-state index in [1.165, 1.54) is 12.8 Å². The molecule has 6 heteroatoms. The van der Waals surface area contributed by atoms with E-state index in [0.29, 0.717) is 30.8 Å². The molecule has 0 fully saturated rings. The Bertz CT molecular complexity index is 196. The van der Waals surface area contributed by atoms with Crippen LogP contribution in [0, 0.1) is 0 Å². The molecule has 4 nitrogen and oxygen atoms in total. The molecule has 0 saturated heterocycles. The standard InChI is InChI=1S/C12H23ClINO3/c13-5-3-1-2-4-7-17-9-10-18-8-6-15-12(16)11-14/h1-11H2,(H,15,16). The SMILES string of the molecule is O=C(CI)NCCOCCOCCCCCCCl. The first-order valence-corrected chi connectivity index (χ1v) is 8.41. The number of hydrogen-bond donors (Lipinski definition) is 1. The van der Waals surface area contributed by atoms with E-state index >= 15 is 0 Å². The highest BCUT2D eigenvalue weighted by Gasteiger charge is 1.96. The summed E-state index contributed by atoms with van der Waals surface area (Å²) < 4.78 is 11.2. The molecule has 0 radical (unpaired) electrons. The summed E-state index contributed by atoms with van der Waals surface area (Å²) in [6.45, 7) is 3.11. The first-order chi connectivity index (χ1) is 8.81. The number of unbranched alkanes of at least 4 members (excludes halogenated alkanes) is 3. The third kappa shape index (κ3) is 14.5. The maximum absolute atomic E-state index is 10.9. The normalized spacial score (nSPS) is 10.6. The van der Waals surface area contributed by atoms with Gasteiger partial charge in [-0.15, -0.1) is 11.6 Å². The van der Waals surface area contributed by atoms with E-state index < -0.39 is 0 Å². The molecule has 1 amide bonds. The van der Waals surface area contributed by atoms with Gasteiger partial charge in [-0.3, -0.25) is 4.79 Å². The summed E-state index contributed by atoms with van der Waals surface area (Å²) in [7, 11) is 0. The molecule has 0 aliphatic heterocycles. The van der Waals surface area contributed by atoms with Gasteiger partial charge < -0.3 is 14.8 Å². The molecule has 1 N–H and O–H groups in total. The lowest BCUT2D eigenvalue weighted by Gasteiger charge is -2.06. The fraction of sp³-hybridized carbons (Fsp3) is 0.917. The lowest BCUT2D eigenvalue weighted by molar-refractivity contribution is -0.118. The molecule has 0 spiro atoms. The summed E-state index contributed by atoms with van der Waals surface area (Å²) in [5.74, 6) is 0.801. The molecule has 18 heavy (non-hydrogen) atoms. The van der Waals surface area contributed by atoms with E-state index in [1.807, 2.05) is 22.6 Å². The molecule has 0 bridgehead atoms. The van der Waals surface area contributed by atoms with Gasteiger partial charge in [0, 0.05) is 19.0 Å². The third-order valence-corrected chi connectivity index (χ3v) is 3.19. The van der Waals surface area contributed by atoms with Crippen molar-refractivity contribution in [2.75, 3.05) is 43.3 Å². The van der Waals surface area contributed by atoms with E-state index in [-0.39, 0.29) is 5.91 Å². The van der Waals surface area contributed by atoms with Crippen LogP contribution in [0.5, 0.6) is 0 Å². The van der Waals surface area contributed by atoms with Crippen molar-refractivity contribution in [3.63, 3.8) is 0 Å². The molecule has 0 saturated carbocycles. The Morgan fingerprint density at radius 3 is 2.33 bits per heavy atom. The van der Waals surface area contributed by atoms with Gasteiger partial charge in [-0.2, -0.15) is 0 Å². The van der Waals surface area contributed by atoms with Crippen molar-refractivity contribution in [2.24, 2.45) is 0 Å². The van der Waals surface area contributed by atoms with Crippen LogP contribution >= 0.6 is 34.2 Å². The Morgan fingerprint density at radius 2 is 1.67 bits per heavy atom. The molecule has 108 valence electrons. The smallest absolute Gasteiger partial charge is 0.229 e. The Balaban J connectivity index is 2.97. The quantitative estimate of drug-likeness (QED) is 0.298. The van der Waals surface area contributed by atoms with Crippen LogP contribution in [0.15, 0.2) is 0 Å². The Kier molecular flexibility index (Phi) is 15.8. The second-order valence-electron chi connectivity index (χ2n) is 3.81. The second-order valence-corrected chi connectivity index (χ2v) is 4.95. The van der Waals surface area contributed by atoms with Crippen molar-refractivity contribution >= 4 is 40.1 Å². The molecular weight excluding hydrogens is 368 g/mol. The van der Waals surface area contributed by atoms with E-state index in [9.17, 15) is 4.79 Å². The van der Waals surface area contributed by atoms with Crippen LogP contribution in [0.2, 0.25) is 0 Å². The van der Waals surface area contributed by atoms with Gasteiger partial charge in [0.2, 0.25) is 5.91 Å². The number of carbonyl (C=O) groups is 1. The van der Waals surface area contributed by atoms with Crippen LogP contribution in [-0.4, -0.2) is 49.2 Å². The molecule has 0 rings (SSSR count). The summed E-state index contributed by atoms with van der Waals surface area (Å²) in [4.78, 5) is 10.9. The topological polar surface area (TPSA) is 47.6 Å². The zero-order valence-electron chi connectivity index (χ0n) is 10.8. The highest BCUT2D eigenvalue weighted by atomic mass is 127. The Hall–Kier alpha value is 0.410. The van der Waals surface area contributed by atoms with Gasteiger partial charge in [-0.1, -0.05) is 35.4 Å². The largest absolute Gasteiger partial charge is 0.379 e. The van der Waals surface area contributed by atoms with Gasteiger partial charge in [0.25, 0.3) is 0 Å². The summed E-state index contributed by atoms with van der Waals surface area (Å²) in [5, 5.41) is 2.74. The summed E-state index contributed by atoms with van der Waals surface area (Å²) in [5.41, 5.74) is 0. The number of rotatable bonds is 13.